The molecule has 1 heterocycles. The van der Waals surface area contributed by atoms with Crippen molar-refractivity contribution in [2.75, 3.05) is 17.7 Å². The van der Waals surface area contributed by atoms with Crippen molar-refractivity contribution in [1.82, 2.24) is 10.3 Å². The van der Waals surface area contributed by atoms with Gasteiger partial charge in [-0.3, -0.25) is 4.79 Å². The highest BCUT2D eigenvalue weighted by atomic mass is 32.2. The Morgan fingerprint density at radius 3 is 2.45 bits per heavy atom. The molecule has 20 heavy (non-hydrogen) atoms. The van der Waals surface area contributed by atoms with Crippen molar-refractivity contribution in [1.29, 1.82) is 0 Å². The molecule has 0 saturated heterocycles. The number of anilines is 1. The van der Waals surface area contributed by atoms with E-state index in [0.29, 0.717) is 5.56 Å². The van der Waals surface area contributed by atoms with E-state index in [1.54, 1.807) is 13.0 Å². The fourth-order valence-corrected chi connectivity index (χ4v) is 2.80. The van der Waals surface area contributed by atoms with E-state index in [0.717, 1.165) is 11.9 Å². The molecule has 1 aromatic heterocycles. The minimum atomic E-state index is -3.13. The van der Waals surface area contributed by atoms with Crippen molar-refractivity contribution in [2.24, 2.45) is 0 Å². The summed E-state index contributed by atoms with van der Waals surface area (Å²) in [6, 6.07) is 2.69. The van der Waals surface area contributed by atoms with Gasteiger partial charge in [-0.05, 0) is 25.0 Å². The van der Waals surface area contributed by atoms with Crippen molar-refractivity contribution in [2.45, 2.75) is 32.7 Å². The predicted octanol–water partition coefficient (Wildman–Crippen LogP) is 0.950. The lowest BCUT2D eigenvalue weighted by Crippen LogP contribution is -2.37. The van der Waals surface area contributed by atoms with Gasteiger partial charge in [0.2, 0.25) is 0 Å². The molecule has 6 nitrogen and oxygen atoms in total. The molecule has 1 amide bonds. The van der Waals surface area contributed by atoms with Crippen LogP contribution in [-0.2, 0) is 9.84 Å². The summed E-state index contributed by atoms with van der Waals surface area (Å²) in [4.78, 5) is 16.2. The van der Waals surface area contributed by atoms with Crippen LogP contribution in [0.3, 0.4) is 0 Å². The van der Waals surface area contributed by atoms with Gasteiger partial charge >= 0.3 is 0 Å². The van der Waals surface area contributed by atoms with Gasteiger partial charge in [-0.2, -0.15) is 0 Å². The minimum Gasteiger partial charge on any atom is -0.384 e. The summed E-state index contributed by atoms with van der Waals surface area (Å²) in [6.07, 6.45) is 1.14. The van der Waals surface area contributed by atoms with Crippen molar-refractivity contribution in [3.05, 3.63) is 23.4 Å². The number of carbonyl (C=O) groups is 1. The van der Waals surface area contributed by atoms with Crippen molar-refractivity contribution in [3.63, 3.8) is 0 Å². The number of pyridine rings is 1. The van der Waals surface area contributed by atoms with E-state index in [4.69, 9.17) is 5.73 Å². The normalized spacial score (nSPS) is 13.2. The highest BCUT2D eigenvalue weighted by Gasteiger charge is 2.16. The van der Waals surface area contributed by atoms with Crippen molar-refractivity contribution in [3.8, 4) is 0 Å². The fraction of sp³-hybridized carbons (Fsp3) is 0.538. The van der Waals surface area contributed by atoms with Crippen LogP contribution < -0.4 is 11.1 Å². The first-order valence-electron chi connectivity index (χ1n) is 6.34. The molecule has 7 heteroatoms. The molecular formula is C13H21N3O3S. The van der Waals surface area contributed by atoms with Gasteiger partial charge in [0.15, 0.2) is 0 Å². The van der Waals surface area contributed by atoms with Crippen LogP contribution in [0.15, 0.2) is 12.1 Å². The third-order valence-corrected chi connectivity index (χ3v) is 3.75. The molecule has 1 aromatic rings. The molecule has 3 N–H and O–H groups in total. The molecule has 0 saturated carbocycles. The van der Waals surface area contributed by atoms with E-state index in [9.17, 15) is 13.2 Å². The average molecular weight is 299 g/mol. The number of nitrogen functional groups attached to an aromatic ring is 1. The van der Waals surface area contributed by atoms with Gasteiger partial charge in [0.05, 0.1) is 5.75 Å². The van der Waals surface area contributed by atoms with Gasteiger partial charge in [-0.25, -0.2) is 13.4 Å². The number of hydrogen-bond donors (Lipinski definition) is 2. The molecule has 0 fully saturated rings. The molecule has 1 unspecified atom stereocenters. The van der Waals surface area contributed by atoms with Crippen LogP contribution in [0.1, 0.15) is 42.7 Å². The molecule has 0 aromatic carbocycles. The first-order chi connectivity index (χ1) is 9.08. The van der Waals surface area contributed by atoms with Crippen LogP contribution in [0.25, 0.3) is 0 Å². The first-order valence-corrected chi connectivity index (χ1v) is 8.40. The molecule has 0 radical (unpaired) electrons. The van der Waals surface area contributed by atoms with Gasteiger partial charge in [0.1, 0.15) is 15.7 Å². The molecule has 0 aliphatic carbocycles. The van der Waals surface area contributed by atoms with Gasteiger partial charge in [-0.15, -0.1) is 0 Å². The number of amides is 1. The van der Waals surface area contributed by atoms with Gasteiger partial charge < -0.3 is 11.1 Å². The maximum absolute atomic E-state index is 12.1. The summed E-state index contributed by atoms with van der Waals surface area (Å²) in [5.41, 5.74) is 6.80. The maximum Gasteiger partial charge on any atom is 0.251 e. The Labute approximate surface area is 119 Å². The maximum atomic E-state index is 12.1. The Morgan fingerprint density at radius 1 is 1.35 bits per heavy atom. The number of hydrogen-bond acceptors (Lipinski definition) is 5. The van der Waals surface area contributed by atoms with E-state index in [1.165, 1.54) is 6.07 Å². The molecular weight excluding hydrogens is 278 g/mol. The van der Waals surface area contributed by atoms with Crippen LogP contribution in [-0.4, -0.2) is 37.4 Å². The van der Waals surface area contributed by atoms with Crippen LogP contribution in [0, 0.1) is 0 Å². The van der Waals surface area contributed by atoms with Crippen molar-refractivity contribution < 1.29 is 13.2 Å². The van der Waals surface area contributed by atoms with E-state index < -0.39 is 15.9 Å². The molecule has 1 atom stereocenters. The van der Waals surface area contributed by atoms with E-state index in [-0.39, 0.29) is 23.4 Å². The Balaban J connectivity index is 2.87. The average Bonchev–Trinajstić information content (AvgIpc) is 2.25. The van der Waals surface area contributed by atoms with E-state index in [1.807, 2.05) is 13.8 Å². The molecule has 0 aliphatic heterocycles. The second-order valence-electron chi connectivity index (χ2n) is 5.33. The largest absolute Gasteiger partial charge is 0.384 e. The third kappa shape index (κ3) is 5.16. The number of nitrogens with two attached hydrogens (primary N) is 1. The number of carbonyl (C=O) groups excluding carboxylic acids is 1. The highest BCUT2D eigenvalue weighted by molar-refractivity contribution is 7.90. The molecule has 112 valence electrons. The number of nitrogens with one attached hydrogen (secondary N) is 1. The summed E-state index contributed by atoms with van der Waals surface area (Å²) in [5, 5.41) is 2.64. The van der Waals surface area contributed by atoms with Gasteiger partial charge in [0, 0.05) is 23.6 Å². The number of sulfone groups is 1. The lowest BCUT2D eigenvalue weighted by molar-refractivity contribution is 0.0943. The Kier molecular flexibility index (Phi) is 5.10. The van der Waals surface area contributed by atoms with Crippen LogP contribution in [0.4, 0.5) is 5.82 Å². The second-order valence-corrected chi connectivity index (χ2v) is 7.51. The Morgan fingerprint density at radius 2 is 1.95 bits per heavy atom. The van der Waals surface area contributed by atoms with Crippen LogP contribution in [0.2, 0.25) is 0 Å². The lowest BCUT2D eigenvalue weighted by Gasteiger charge is -2.14. The second kappa shape index (κ2) is 6.21. The summed E-state index contributed by atoms with van der Waals surface area (Å²) in [6.45, 7) is 5.55. The fourth-order valence-electron chi connectivity index (χ4n) is 1.80. The minimum absolute atomic E-state index is 0.101. The predicted molar refractivity (Wildman–Crippen MR) is 79.4 cm³/mol. The molecule has 0 aliphatic rings. The molecule has 0 bridgehead atoms. The van der Waals surface area contributed by atoms with Crippen LogP contribution >= 0.6 is 0 Å². The number of aromatic nitrogens is 1. The topological polar surface area (TPSA) is 102 Å². The summed E-state index contributed by atoms with van der Waals surface area (Å²) in [7, 11) is -3.13. The Bertz CT molecular complexity index is 597. The number of rotatable bonds is 5. The summed E-state index contributed by atoms with van der Waals surface area (Å²) >= 11 is 0. The SMILES string of the molecule is CC(CS(C)(=O)=O)NC(=O)c1cc(N)nc(C(C)C)c1. The van der Waals surface area contributed by atoms with E-state index >= 15 is 0 Å². The third-order valence-electron chi connectivity index (χ3n) is 2.65. The smallest absolute Gasteiger partial charge is 0.251 e. The first kappa shape index (κ1) is 16.4. The molecule has 1 rings (SSSR count). The highest BCUT2D eigenvalue weighted by Crippen LogP contribution is 2.16. The van der Waals surface area contributed by atoms with Gasteiger partial charge in [0.25, 0.3) is 5.91 Å². The standard InChI is InChI=1S/C13H21N3O3S/c1-8(2)11-5-10(6-12(14)16-11)13(17)15-9(3)7-20(4,18)19/h5-6,8-9H,7H2,1-4H3,(H2,14,16)(H,15,17). The quantitative estimate of drug-likeness (QED) is 0.842. The summed E-state index contributed by atoms with van der Waals surface area (Å²) in [5.74, 6) is -0.0242. The lowest BCUT2D eigenvalue weighted by atomic mass is 10.1. The summed E-state index contributed by atoms with van der Waals surface area (Å²) < 4.78 is 22.4. The van der Waals surface area contributed by atoms with Crippen LogP contribution in [0.5, 0.6) is 0 Å². The zero-order valence-corrected chi connectivity index (χ0v) is 13.0. The monoisotopic (exact) mass is 299 g/mol. The van der Waals surface area contributed by atoms with E-state index in [2.05, 4.69) is 10.3 Å². The Hall–Kier alpha value is -1.63. The van der Waals surface area contributed by atoms with Crippen molar-refractivity contribution >= 4 is 21.6 Å². The zero-order valence-electron chi connectivity index (χ0n) is 12.2. The van der Waals surface area contributed by atoms with Gasteiger partial charge in [-0.1, -0.05) is 13.8 Å². The number of nitrogens with zero attached hydrogens (tertiary/aromatic N) is 1. The zero-order chi connectivity index (χ0) is 15.5. The molecule has 0 spiro atoms.